The van der Waals surface area contributed by atoms with Crippen LogP contribution in [0.2, 0.25) is 0 Å². The number of carbonyl (C=O) groups is 1. The van der Waals surface area contributed by atoms with Crippen molar-refractivity contribution in [2.75, 3.05) is 13.6 Å². The second-order valence-electron chi connectivity index (χ2n) is 4.82. The molecule has 0 fully saturated rings. The standard InChI is InChI=1S/C15H20N2O2.ClH/c1-10(8-16-3)15(18)17-9-14-11(2)12-6-4-5-7-13(12)19-14;/h4-7,10,16H,8-9H2,1-3H3,(H,17,18);1H. The minimum atomic E-state index is -0.0466. The van der Waals surface area contributed by atoms with E-state index in [1.54, 1.807) is 0 Å². The number of fused-ring (bicyclic) bond motifs is 1. The average Bonchev–Trinajstić information content (AvgIpc) is 2.73. The van der Waals surface area contributed by atoms with Crippen molar-refractivity contribution < 1.29 is 9.21 Å². The Morgan fingerprint density at radius 3 is 2.70 bits per heavy atom. The van der Waals surface area contributed by atoms with Crippen molar-refractivity contribution >= 4 is 29.3 Å². The van der Waals surface area contributed by atoms with Gasteiger partial charge in [0.25, 0.3) is 0 Å². The van der Waals surface area contributed by atoms with Gasteiger partial charge in [0.1, 0.15) is 11.3 Å². The van der Waals surface area contributed by atoms with E-state index in [1.165, 1.54) is 0 Å². The van der Waals surface area contributed by atoms with Crippen LogP contribution in [0.25, 0.3) is 11.0 Å². The summed E-state index contributed by atoms with van der Waals surface area (Å²) >= 11 is 0. The van der Waals surface area contributed by atoms with Gasteiger partial charge in [-0.15, -0.1) is 12.4 Å². The van der Waals surface area contributed by atoms with Gasteiger partial charge in [0.2, 0.25) is 5.91 Å². The molecule has 5 heteroatoms. The molecule has 1 amide bonds. The third kappa shape index (κ3) is 3.52. The largest absolute Gasteiger partial charge is 0.459 e. The van der Waals surface area contributed by atoms with Crippen molar-refractivity contribution in [3.63, 3.8) is 0 Å². The highest BCUT2D eigenvalue weighted by molar-refractivity contribution is 5.85. The number of aryl methyl sites for hydroxylation is 1. The molecule has 0 spiro atoms. The lowest BCUT2D eigenvalue weighted by atomic mass is 10.1. The number of furan rings is 1. The van der Waals surface area contributed by atoms with Crippen LogP contribution < -0.4 is 10.6 Å². The second kappa shape index (κ2) is 7.31. The van der Waals surface area contributed by atoms with Crippen LogP contribution in [0.3, 0.4) is 0 Å². The van der Waals surface area contributed by atoms with Crippen LogP contribution in [0.5, 0.6) is 0 Å². The Labute approximate surface area is 125 Å². The summed E-state index contributed by atoms with van der Waals surface area (Å²) < 4.78 is 5.76. The minimum absolute atomic E-state index is 0. The van der Waals surface area contributed by atoms with Gasteiger partial charge in [-0.25, -0.2) is 0 Å². The normalized spacial score (nSPS) is 11.9. The fraction of sp³-hybridized carbons (Fsp3) is 0.400. The third-order valence-electron chi connectivity index (χ3n) is 3.32. The predicted octanol–water partition coefficient (Wildman–Crippen LogP) is 2.63. The van der Waals surface area contributed by atoms with E-state index in [0.717, 1.165) is 22.3 Å². The van der Waals surface area contributed by atoms with E-state index in [1.807, 2.05) is 45.2 Å². The predicted molar refractivity (Wildman–Crippen MR) is 83.1 cm³/mol. The molecule has 20 heavy (non-hydrogen) atoms. The van der Waals surface area contributed by atoms with Crippen LogP contribution in [0.4, 0.5) is 0 Å². The van der Waals surface area contributed by atoms with Crippen LogP contribution in [0, 0.1) is 12.8 Å². The number of para-hydroxylation sites is 1. The minimum Gasteiger partial charge on any atom is -0.459 e. The molecular weight excluding hydrogens is 276 g/mol. The van der Waals surface area contributed by atoms with E-state index in [9.17, 15) is 4.79 Å². The fourth-order valence-corrected chi connectivity index (χ4v) is 2.13. The number of halogens is 1. The average molecular weight is 297 g/mol. The van der Waals surface area contributed by atoms with E-state index in [4.69, 9.17) is 4.42 Å². The number of amides is 1. The molecule has 2 aromatic rings. The summed E-state index contributed by atoms with van der Waals surface area (Å²) in [5, 5.41) is 7.01. The molecule has 110 valence electrons. The number of benzene rings is 1. The Morgan fingerprint density at radius 2 is 2.05 bits per heavy atom. The van der Waals surface area contributed by atoms with E-state index < -0.39 is 0 Å². The van der Waals surface area contributed by atoms with Crippen LogP contribution in [0.1, 0.15) is 18.2 Å². The molecular formula is C15H21ClN2O2. The van der Waals surface area contributed by atoms with Crippen molar-refractivity contribution in [2.45, 2.75) is 20.4 Å². The molecule has 1 heterocycles. The molecule has 1 aromatic carbocycles. The first-order chi connectivity index (χ1) is 9.13. The van der Waals surface area contributed by atoms with Gasteiger partial charge in [-0.3, -0.25) is 4.79 Å². The highest BCUT2D eigenvalue weighted by atomic mass is 35.5. The molecule has 0 aliphatic carbocycles. The molecule has 0 saturated carbocycles. The van der Waals surface area contributed by atoms with Crippen LogP contribution >= 0.6 is 12.4 Å². The van der Waals surface area contributed by atoms with E-state index in [2.05, 4.69) is 10.6 Å². The second-order valence-corrected chi connectivity index (χ2v) is 4.82. The summed E-state index contributed by atoms with van der Waals surface area (Å²) in [6.07, 6.45) is 0. The first-order valence-electron chi connectivity index (χ1n) is 6.52. The number of hydrogen-bond acceptors (Lipinski definition) is 3. The van der Waals surface area contributed by atoms with Gasteiger partial charge < -0.3 is 15.1 Å². The van der Waals surface area contributed by atoms with Gasteiger partial charge in [0.05, 0.1) is 6.54 Å². The summed E-state index contributed by atoms with van der Waals surface area (Å²) in [6, 6.07) is 7.91. The molecule has 1 unspecified atom stereocenters. The molecule has 0 bridgehead atoms. The molecule has 1 atom stereocenters. The lowest BCUT2D eigenvalue weighted by Crippen LogP contribution is -2.33. The lowest BCUT2D eigenvalue weighted by Gasteiger charge is -2.10. The van der Waals surface area contributed by atoms with Gasteiger partial charge in [0, 0.05) is 23.4 Å². The van der Waals surface area contributed by atoms with Crippen LogP contribution in [-0.2, 0) is 11.3 Å². The van der Waals surface area contributed by atoms with Gasteiger partial charge in [-0.1, -0.05) is 25.1 Å². The van der Waals surface area contributed by atoms with Crippen LogP contribution in [-0.4, -0.2) is 19.5 Å². The molecule has 0 aliphatic rings. The van der Waals surface area contributed by atoms with E-state index in [0.29, 0.717) is 13.1 Å². The summed E-state index contributed by atoms with van der Waals surface area (Å²) in [7, 11) is 1.84. The number of carbonyl (C=O) groups excluding carboxylic acids is 1. The monoisotopic (exact) mass is 296 g/mol. The zero-order chi connectivity index (χ0) is 13.8. The first kappa shape index (κ1) is 16.5. The lowest BCUT2D eigenvalue weighted by molar-refractivity contribution is -0.124. The Kier molecular flexibility index (Phi) is 6.05. The third-order valence-corrected chi connectivity index (χ3v) is 3.32. The van der Waals surface area contributed by atoms with Gasteiger partial charge >= 0.3 is 0 Å². The Hall–Kier alpha value is -1.52. The molecule has 1 aromatic heterocycles. The summed E-state index contributed by atoms with van der Waals surface area (Å²) in [5.41, 5.74) is 1.96. The highest BCUT2D eigenvalue weighted by Gasteiger charge is 2.14. The smallest absolute Gasteiger partial charge is 0.224 e. The maximum absolute atomic E-state index is 11.8. The molecule has 0 saturated heterocycles. The Bertz CT molecular complexity index is 580. The summed E-state index contributed by atoms with van der Waals surface area (Å²) in [6.45, 7) is 5.03. The maximum atomic E-state index is 11.8. The summed E-state index contributed by atoms with van der Waals surface area (Å²) in [5.74, 6) is 0.815. The number of hydrogen-bond donors (Lipinski definition) is 2. The zero-order valence-corrected chi connectivity index (χ0v) is 12.8. The SMILES string of the molecule is CNCC(C)C(=O)NCc1oc2ccccc2c1C.Cl. The number of nitrogens with one attached hydrogen (secondary N) is 2. The molecule has 2 N–H and O–H groups in total. The van der Waals surface area contributed by atoms with Crippen molar-refractivity contribution in [3.05, 3.63) is 35.6 Å². The van der Waals surface area contributed by atoms with Gasteiger partial charge in [-0.05, 0) is 20.0 Å². The van der Waals surface area contributed by atoms with Crippen molar-refractivity contribution in [2.24, 2.45) is 5.92 Å². The topological polar surface area (TPSA) is 54.3 Å². The van der Waals surface area contributed by atoms with Crippen molar-refractivity contribution in [1.82, 2.24) is 10.6 Å². The summed E-state index contributed by atoms with van der Waals surface area (Å²) in [4.78, 5) is 11.8. The van der Waals surface area contributed by atoms with Gasteiger partial charge in [-0.2, -0.15) is 0 Å². The van der Waals surface area contributed by atoms with Crippen molar-refractivity contribution in [3.8, 4) is 0 Å². The van der Waals surface area contributed by atoms with Gasteiger partial charge in [0.15, 0.2) is 0 Å². The Morgan fingerprint density at radius 1 is 1.35 bits per heavy atom. The van der Waals surface area contributed by atoms with Crippen LogP contribution in [0.15, 0.2) is 28.7 Å². The van der Waals surface area contributed by atoms with E-state index in [-0.39, 0.29) is 24.2 Å². The molecule has 4 nitrogen and oxygen atoms in total. The molecule has 0 radical (unpaired) electrons. The first-order valence-corrected chi connectivity index (χ1v) is 6.52. The number of rotatable bonds is 5. The quantitative estimate of drug-likeness (QED) is 0.892. The highest BCUT2D eigenvalue weighted by Crippen LogP contribution is 2.24. The molecule has 0 aliphatic heterocycles. The Balaban J connectivity index is 0.00000200. The maximum Gasteiger partial charge on any atom is 0.224 e. The zero-order valence-electron chi connectivity index (χ0n) is 12.0. The fourth-order valence-electron chi connectivity index (χ4n) is 2.13. The van der Waals surface area contributed by atoms with E-state index >= 15 is 0 Å². The van der Waals surface area contributed by atoms with Crippen molar-refractivity contribution in [1.29, 1.82) is 0 Å². The molecule has 2 rings (SSSR count).